The van der Waals surface area contributed by atoms with Crippen LogP contribution in [-0.4, -0.2) is 39.1 Å². The first-order chi connectivity index (χ1) is 24.3. The zero-order valence-electron chi connectivity index (χ0n) is 27.0. The van der Waals surface area contributed by atoms with E-state index in [9.17, 15) is 41.1 Å². The maximum absolute atomic E-state index is 14.5. The average Bonchev–Trinajstić information content (AvgIpc) is 3.53. The van der Waals surface area contributed by atoms with Gasteiger partial charge in [-0.05, 0) is 85.2 Å². The number of hydrogen-bond acceptors (Lipinski definition) is 7. The molecule has 0 saturated carbocycles. The van der Waals surface area contributed by atoms with Crippen molar-refractivity contribution >= 4 is 73.6 Å². The number of benzene rings is 4. The molecule has 0 atom stereocenters. The Morgan fingerprint density at radius 1 is 0.923 bits per heavy atom. The minimum Gasteiger partial charge on any atom is -0.459 e. The number of rotatable bonds is 7. The lowest BCUT2D eigenvalue weighted by Crippen LogP contribution is -2.30. The second-order valence-corrected chi connectivity index (χ2v) is 13.6. The number of hydrogen-bond donors (Lipinski definition) is 1. The number of amides is 3. The monoisotopic (exact) mass is 804 g/mol. The molecule has 0 fully saturated rings. The summed E-state index contributed by atoms with van der Waals surface area (Å²) in [5.41, 5.74) is -3.39. The molecule has 0 spiro atoms. The van der Waals surface area contributed by atoms with Gasteiger partial charge in [-0.1, -0.05) is 23.7 Å². The number of esters is 1. The van der Waals surface area contributed by atoms with E-state index in [0.717, 1.165) is 22.9 Å². The molecule has 1 N–H and O–H groups in total. The van der Waals surface area contributed by atoms with E-state index in [0.29, 0.717) is 17.0 Å². The molecule has 0 unspecified atom stereocenters. The summed E-state index contributed by atoms with van der Waals surface area (Å²) in [4.78, 5) is 54.8. The Labute approximate surface area is 304 Å². The van der Waals surface area contributed by atoms with Gasteiger partial charge in [0.15, 0.2) is 11.6 Å². The molecule has 52 heavy (non-hydrogen) atoms. The predicted molar refractivity (Wildman–Crippen MR) is 182 cm³/mol. The molecule has 0 bridgehead atoms. The molecule has 1 aliphatic heterocycles. The number of halogens is 7. The van der Waals surface area contributed by atoms with Crippen LogP contribution in [0.2, 0.25) is 5.02 Å². The number of aromatic nitrogens is 2. The minimum atomic E-state index is -4.99. The number of alkyl halides is 3. The third-order valence-corrected chi connectivity index (χ3v) is 8.37. The summed E-state index contributed by atoms with van der Waals surface area (Å²) in [5, 5.41) is 6.48. The van der Waals surface area contributed by atoms with Crippen molar-refractivity contribution in [1.82, 2.24) is 9.78 Å². The largest absolute Gasteiger partial charge is 0.459 e. The molecule has 1 aliphatic rings. The third-order valence-electron chi connectivity index (χ3n) is 7.45. The van der Waals surface area contributed by atoms with E-state index in [1.54, 1.807) is 20.8 Å². The molecule has 268 valence electrons. The fourth-order valence-corrected chi connectivity index (χ4v) is 6.18. The van der Waals surface area contributed by atoms with Crippen LogP contribution in [0.5, 0.6) is 11.5 Å². The van der Waals surface area contributed by atoms with Crippen molar-refractivity contribution in [3.63, 3.8) is 0 Å². The quantitative estimate of drug-likeness (QED) is 0.0991. The maximum atomic E-state index is 14.5. The van der Waals surface area contributed by atoms with Crippen LogP contribution in [-0.2, 0) is 22.3 Å². The highest BCUT2D eigenvalue weighted by Crippen LogP contribution is 2.48. The van der Waals surface area contributed by atoms with Crippen molar-refractivity contribution in [2.24, 2.45) is 0 Å². The van der Waals surface area contributed by atoms with Crippen molar-refractivity contribution in [1.29, 1.82) is 0 Å². The molecule has 3 amide bonds. The van der Waals surface area contributed by atoms with Crippen LogP contribution in [0.3, 0.4) is 0 Å². The molecule has 0 saturated heterocycles. The number of ether oxygens (including phenoxy) is 2. The zero-order chi connectivity index (χ0) is 37.9. The maximum Gasteiger partial charge on any atom is 0.416 e. The molecule has 1 aromatic heterocycles. The molecule has 5 aromatic rings. The molecule has 6 rings (SSSR count). The lowest BCUT2D eigenvalue weighted by Gasteiger charge is -2.20. The van der Waals surface area contributed by atoms with Gasteiger partial charge in [0, 0.05) is 16.1 Å². The Kier molecular flexibility index (Phi) is 9.34. The molecule has 2 heterocycles. The Balaban J connectivity index is 1.61. The minimum absolute atomic E-state index is 0.00283. The summed E-state index contributed by atoms with van der Waals surface area (Å²) < 4.78 is 82.0. The van der Waals surface area contributed by atoms with Crippen molar-refractivity contribution in [3.05, 3.63) is 110 Å². The smallest absolute Gasteiger partial charge is 0.416 e. The van der Waals surface area contributed by atoms with Crippen LogP contribution in [0.4, 0.5) is 33.5 Å². The van der Waals surface area contributed by atoms with Gasteiger partial charge in [-0.3, -0.25) is 23.9 Å². The lowest BCUT2D eigenvalue weighted by atomic mass is 10.1. The van der Waals surface area contributed by atoms with Gasteiger partial charge in [-0.25, -0.2) is 13.7 Å². The summed E-state index contributed by atoms with van der Waals surface area (Å²) >= 11 is 9.70. The molecule has 10 nitrogen and oxygen atoms in total. The number of carbonyl (C=O) groups is 4. The number of nitrogens with one attached hydrogen (secondary N) is 1. The first-order valence-corrected chi connectivity index (χ1v) is 16.2. The fraction of sp³-hybridized carbons (Fsp3) is 0.171. The van der Waals surface area contributed by atoms with E-state index < -0.39 is 76.3 Å². The number of anilines is 2. The van der Waals surface area contributed by atoms with Gasteiger partial charge in [0.25, 0.3) is 17.7 Å². The van der Waals surface area contributed by atoms with Crippen LogP contribution >= 0.6 is 27.5 Å². The van der Waals surface area contributed by atoms with E-state index in [2.05, 4.69) is 26.3 Å². The van der Waals surface area contributed by atoms with Crippen molar-refractivity contribution in [2.75, 3.05) is 10.2 Å². The molecule has 4 aromatic carbocycles. The Hall–Kier alpha value is -5.35. The third kappa shape index (κ3) is 7.08. The predicted octanol–water partition coefficient (Wildman–Crippen LogP) is 8.94. The van der Waals surface area contributed by atoms with Crippen LogP contribution in [0.1, 0.15) is 57.4 Å². The topological polar surface area (TPSA) is 120 Å². The zero-order valence-corrected chi connectivity index (χ0v) is 29.3. The Morgan fingerprint density at radius 2 is 1.58 bits per heavy atom. The number of fused-ring (bicyclic) bond motifs is 2. The van der Waals surface area contributed by atoms with Crippen molar-refractivity contribution < 1.29 is 50.6 Å². The number of nitrogens with zero attached hydrogens (tertiary/aromatic N) is 3. The van der Waals surface area contributed by atoms with Crippen molar-refractivity contribution in [3.8, 4) is 11.5 Å². The summed E-state index contributed by atoms with van der Waals surface area (Å²) in [5.74, 6) is -6.99. The standard InChI is InChI=1S/C35H23BrClF5N4O6/c1-34(2,3)52-26(47)15-45-28-22(36)14-24(43-31(48)16-10-17(35(40,41)42)12-19(39)11-16)29(51-25-13-18(38)8-9-23(25)37)27(28)30(44-45)46-32(49)20-6-4-5-7-21(20)33(46)50/h4-14H,15H2,1-3H3,(H,43,48). The SMILES string of the molecule is CC(C)(C)OC(=O)Cn1nc(N2C(=O)c3ccccc3C2=O)c2c(Oc3cc(F)ccc3Cl)c(NC(=O)c3cc(F)cc(C(F)(F)F)c3)cc(Br)c21. The highest BCUT2D eigenvalue weighted by Gasteiger charge is 2.41. The van der Waals surface area contributed by atoms with Crippen LogP contribution < -0.4 is 15.0 Å². The fourth-order valence-electron chi connectivity index (χ4n) is 5.39. The highest BCUT2D eigenvalue weighted by molar-refractivity contribution is 9.10. The highest BCUT2D eigenvalue weighted by atomic mass is 79.9. The van der Waals surface area contributed by atoms with Gasteiger partial charge in [0.2, 0.25) is 0 Å². The first kappa shape index (κ1) is 36.4. The molecule has 0 aliphatic carbocycles. The van der Waals surface area contributed by atoms with Gasteiger partial charge in [0.1, 0.15) is 29.5 Å². The Bertz CT molecular complexity index is 2300. The summed E-state index contributed by atoms with van der Waals surface area (Å²) in [6.07, 6.45) is -4.99. The summed E-state index contributed by atoms with van der Waals surface area (Å²) in [7, 11) is 0. The van der Waals surface area contributed by atoms with E-state index in [1.807, 2.05) is 0 Å². The van der Waals surface area contributed by atoms with Crippen LogP contribution in [0.25, 0.3) is 10.9 Å². The van der Waals surface area contributed by atoms with Crippen molar-refractivity contribution in [2.45, 2.75) is 39.1 Å². The second-order valence-electron chi connectivity index (χ2n) is 12.4. The van der Waals surface area contributed by atoms with E-state index >= 15 is 0 Å². The normalized spacial score (nSPS) is 13.1. The van der Waals surface area contributed by atoms with Gasteiger partial charge in [0.05, 0.1) is 38.3 Å². The molecular weight excluding hydrogens is 783 g/mol. The van der Waals surface area contributed by atoms with E-state index in [4.69, 9.17) is 21.1 Å². The molecule has 0 radical (unpaired) electrons. The summed E-state index contributed by atoms with van der Waals surface area (Å²) in [6.45, 7) is 4.31. The second kappa shape index (κ2) is 13.3. The van der Waals surface area contributed by atoms with Gasteiger partial charge >= 0.3 is 12.1 Å². The van der Waals surface area contributed by atoms with Crippen LogP contribution in [0.15, 0.2) is 71.2 Å². The van der Waals surface area contributed by atoms with E-state index in [-0.39, 0.29) is 49.0 Å². The van der Waals surface area contributed by atoms with Gasteiger partial charge < -0.3 is 14.8 Å². The van der Waals surface area contributed by atoms with Crippen LogP contribution in [0, 0.1) is 11.6 Å². The molecule has 17 heteroatoms. The number of carbonyl (C=O) groups excluding carboxylic acids is 4. The first-order valence-electron chi connectivity index (χ1n) is 15.1. The molecular formula is C35H23BrClF5N4O6. The lowest BCUT2D eigenvalue weighted by molar-refractivity contribution is -0.155. The van der Waals surface area contributed by atoms with Gasteiger partial charge in [-0.15, -0.1) is 0 Å². The Morgan fingerprint density at radius 3 is 2.19 bits per heavy atom. The summed E-state index contributed by atoms with van der Waals surface area (Å²) in [6, 6.07) is 11.4. The van der Waals surface area contributed by atoms with Gasteiger partial charge in [-0.2, -0.15) is 18.3 Å². The van der Waals surface area contributed by atoms with E-state index in [1.165, 1.54) is 30.3 Å². The average molecular weight is 806 g/mol. The number of imide groups is 1.